The monoisotopic (exact) mass is 388 g/mol. The van der Waals surface area contributed by atoms with Crippen LogP contribution in [0.4, 0.5) is 0 Å². The van der Waals surface area contributed by atoms with Gasteiger partial charge in [0.05, 0.1) is 23.2 Å². The van der Waals surface area contributed by atoms with E-state index in [0.29, 0.717) is 29.4 Å². The highest BCUT2D eigenvalue weighted by Gasteiger charge is 2.10. The molecule has 0 fully saturated rings. The summed E-state index contributed by atoms with van der Waals surface area (Å²) in [7, 11) is 1.66. The molecule has 0 saturated carbocycles. The molecule has 0 aliphatic rings. The largest absolute Gasteiger partial charge is 0.383 e. The highest BCUT2D eigenvalue weighted by molar-refractivity contribution is 7.16. The van der Waals surface area contributed by atoms with Crippen LogP contribution in [-0.2, 0) is 22.5 Å². The number of methoxy groups -OCH3 is 1. The van der Waals surface area contributed by atoms with E-state index in [1.807, 2.05) is 48.7 Å². The molecule has 0 saturated heterocycles. The van der Waals surface area contributed by atoms with E-state index in [0.717, 1.165) is 26.9 Å². The summed E-state index contributed by atoms with van der Waals surface area (Å²) in [5.41, 5.74) is 4.28. The minimum atomic E-state index is -0.150. The predicted octanol–water partition coefficient (Wildman–Crippen LogP) is 4.29. The molecule has 2 aromatic carbocycles. The third-order valence-corrected chi connectivity index (χ3v) is 5.51. The van der Waals surface area contributed by atoms with Crippen LogP contribution in [0.5, 0.6) is 0 Å². The number of benzene rings is 2. The van der Waals surface area contributed by atoms with Crippen molar-refractivity contribution in [3.05, 3.63) is 62.9 Å². The van der Waals surface area contributed by atoms with Gasteiger partial charge in [0.2, 0.25) is 0 Å². The van der Waals surface area contributed by atoms with Crippen LogP contribution in [0.1, 0.15) is 16.7 Å². The van der Waals surface area contributed by atoms with E-state index in [1.54, 1.807) is 7.11 Å². The maximum Gasteiger partial charge on any atom is 0.252 e. The average Bonchev–Trinajstić information content (AvgIpc) is 2.92. The number of aromatic nitrogens is 1. The Bertz CT molecular complexity index is 1020. The zero-order chi connectivity index (χ0) is 18.7. The molecule has 0 spiro atoms. The topological polar surface area (TPSA) is 43.6 Å². The number of nitrogens with zero attached hydrogens (tertiary/aromatic N) is 2. The van der Waals surface area contributed by atoms with Crippen molar-refractivity contribution in [1.29, 1.82) is 0 Å². The fourth-order valence-corrected chi connectivity index (χ4v) is 4.18. The van der Waals surface area contributed by atoms with Crippen molar-refractivity contribution in [2.24, 2.45) is 4.99 Å². The standard InChI is InChI=1S/C20H21ClN2O2S/c1-13-4-5-14(2)15(10-13)11-19(24)22-20-23(8-9-25-3)17-7-6-16(21)12-18(17)26-20/h4-7,10,12H,8-9,11H2,1-3H3. The number of ether oxygens (including phenoxy) is 1. The van der Waals surface area contributed by atoms with Crippen LogP contribution >= 0.6 is 22.9 Å². The summed E-state index contributed by atoms with van der Waals surface area (Å²) in [4.78, 5) is 17.6. The molecule has 0 radical (unpaired) electrons. The van der Waals surface area contributed by atoms with Gasteiger partial charge in [-0.1, -0.05) is 46.7 Å². The number of hydrogen-bond acceptors (Lipinski definition) is 3. The third-order valence-electron chi connectivity index (χ3n) is 4.23. The first-order valence-electron chi connectivity index (χ1n) is 8.39. The maximum absolute atomic E-state index is 12.6. The molecule has 3 rings (SSSR count). The number of carbonyl (C=O) groups is 1. The molecule has 0 atom stereocenters. The molecule has 1 aromatic heterocycles. The zero-order valence-corrected chi connectivity index (χ0v) is 16.7. The summed E-state index contributed by atoms with van der Waals surface area (Å²) in [6.45, 7) is 5.22. The number of thiazole rings is 1. The van der Waals surface area contributed by atoms with E-state index in [1.165, 1.54) is 11.3 Å². The first-order chi connectivity index (χ1) is 12.5. The third kappa shape index (κ3) is 4.23. The minimum Gasteiger partial charge on any atom is -0.383 e. The number of amides is 1. The van der Waals surface area contributed by atoms with Gasteiger partial charge in [-0.25, -0.2) is 0 Å². The van der Waals surface area contributed by atoms with Crippen LogP contribution in [0.2, 0.25) is 5.02 Å². The predicted molar refractivity (Wildman–Crippen MR) is 107 cm³/mol. The van der Waals surface area contributed by atoms with Gasteiger partial charge < -0.3 is 9.30 Å². The number of rotatable bonds is 5. The highest BCUT2D eigenvalue weighted by atomic mass is 35.5. The van der Waals surface area contributed by atoms with E-state index < -0.39 is 0 Å². The Morgan fingerprint density at radius 2 is 2.04 bits per heavy atom. The molecule has 0 unspecified atom stereocenters. The quantitative estimate of drug-likeness (QED) is 0.654. The number of carbonyl (C=O) groups excluding carboxylic acids is 1. The summed E-state index contributed by atoms with van der Waals surface area (Å²) in [6, 6.07) is 11.8. The number of hydrogen-bond donors (Lipinski definition) is 0. The molecule has 26 heavy (non-hydrogen) atoms. The van der Waals surface area contributed by atoms with Gasteiger partial charge in [-0.15, -0.1) is 0 Å². The highest BCUT2D eigenvalue weighted by Crippen LogP contribution is 2.22. The minimum absolute atomic E-state index is 0.150. The van der Waals surface area contributed by atoms with Gasteiger partial charge >= 0.3 is 0 Å². The van der Waals surface area contributed by atoms with Crippen molar-refractivity contribution in [3.8, 4) is 0 Å². The lowest BCUT2D eigenvalue weighted by Crippen LogP contribution is -2.19. The van der Waals surface area contributed by atoms with Crippen molar-refractivity contribution in [2.45, 2.75) is 26.8 Å². The Morgan fingerprint density at radius 3 is 2.81 bits per heavy atom. The molecule has 0 N–H and O–H groups in total. The molecule has 1 amide bonds. The van der Waals surface area contributed by atoms with Crippen molar-refractivity contribution < 1.29 is 9.53 Å². The van der Waals surface area contributed by atoms with E-state index in [2.05, 4.69) is 11.1 Å². The summed E-state index contributed by atoms with van der Waals surface area (Å²) < 4.78 is 8.22. The summed E-state index contributed by atoms with van der Waals surface area (Å²) in [6.07, 6.45) is 0.298. The lowest BCUT2D eigenvalue weighted by Gasteiger charge is -2.05. The molecule has 0 aliphatic carbocycles. The van der Waals surface area contributed by atoms with E-state index >= 15 is 0 Å². The molecule has 1 heterocycles. The molecular formula is C20H21ClN2O2S. The maximum atomic E-state index is 12.6. The Labute approximate surface area is 161 Å². The summed E-state index contributed by atoms with van der Waals surface area (Å²) in [5, 5.41) is 0.672. The van der Waals surface area contributed by atoms with E-state index in [-0.39, 0.29) is 5.91 Å². The number of aryl methyl sites for hydroxylation is 2. The number of fused-ring (bicyclic) bond motifs is 1. The Morgan fingerprint density at radius 1 is 1.23 bits per heavy atom. The lowest BCUT2D eigenvalue weighted by molar-refractivity contribution is -0.117. The first kappa shape index (κ1) is 18.8. The zero-order valence-electron chi connectivity index (χ0n) is 15.1. The second-order valence-electron chi connectivity index (χ2n) is 6.25. The van der Waals surface area contributed by atoms with Crippen LogP contribution in [-0.4, -0.2) is 24.2 Å². The van der Waals surface area contributed by atoms with Crippen LogP contribution in [0.3, 0.4) is 0 Å². The van der Waals surface area contributed by atoms with Crippen LogP contribution < -0.4 is 4.80 Å². The van der Waals surface area contributed by atoms with Gasteiger partial charge in [0.25, 0.3) is 5.91 Å². The van der Waals surface area contributed by atoms with E-state index in [9.17, 15) is 4.79 Å². The van der Waals surface area contributed by atoms with Crippen LogP contribution in [0.25, 0.3) is 10.2 Å². The molecule has 3 aromatic rings. The average molecular weight is 389 g/mol. The van der Waals surface area contributed by atoms with Gasteiger partial charge in [0.1, 0.15) is 0 Å². The van der Waals surface area contributed by atoms with Crippen LogP contribution in [0, 0.1) is 13.8 Å². The molecule has 0 aliphatic heterocycles. The van der Waals surface area contributed by atoms with Crippen molar-refractivity contribution >= 4 is 39.1 Å². The van der Waals surface area contributed by atoms with E-state index in [4.69, 9.17) is 16.3 Å². The summed E-state index contributed by atoms with van der Waals surface area (Å²) in [5.74, 6) is -0.150. The fraction of sp³-hybridized carbons (Fsp3) is 0.300. The van der Waals surface area contributed by atoms with Crippen molar-refractivity contribution in [2.75, 3.05) is 13.7 Å². The normalized spacial score (nSPS) is 12.1. The smallest absolute Gasteiger partial charge is 0.252 e. The van der Waals surface area contributed by atoms with Gasteiger partial charge in [0, 0.05) is 18.7 Å². The second kappa shape index (κ2) is 8.16. The van der Waals surface area contributed by atoms with Gasteiger partial charge in [0.15, 0.2) is 4.80 Å². The van der Waals surface area contributed by atoms with Crippen molar-refractivity contribution in [1.82, 2.24) is 4.57 Å². The Balaban J connectivity index is 1.99. The van der Waals surface area contributed by atoms with Gasteiger partial charge in [-0.3, -0.25) is 4.79 Å². The van der Waals surface area contributed by atoms with Gasteiger partial charge in [-0.2, -0.15) is 4.99 Å². The van der Waals surface area contributed by atoms with Crippen LogP contribution in [0.15, 0.2) is 41.4 Å². The molecule has 0 bridgehead atoms. The lowest BCUT2D eigenvalue weighted by atomic mass is 10.0. The Hall–Kier alpha value is -1.95. The molecule has 136 valence electrons. The van der Waals surface area contributed by atoms with Crippen molar-refractivity contribution in [3.63, 3.8) is 0 Å². The molecule has 6 heteroatoms. The fourth-order valence-electron chi connectivity index (χ4n) is 2.83. The SMILES string of the molecule is COCCn1c(=NC(=O)Cc2cc(C)ccc2C)sc2cc(Cl)ccc21. The molecular weight excluding hydrogens is 368 g/mol. The Kier molecular flexibility index (Phi) is 5.91. The number of halogens is 1. The molecule has 4 nitrogen and oxygen atoms in total. The van der Waals surface area contributed by atoms with Gasteiger partial charge in [-0.05, 0) is 43.2 Å². The first-order valence-corrected chi connectivity index (χ1v) is 9.59. The second-order valence-corrected chi connectivity index (χ2v) is 7.70. The summed E-state index contributed by atoms with van der Waals surface area (Å²) >= 11 is 7.58.